The van der Waals surface area contributed by atoms with Gasteiger partial charge in [-0.2, -0.15) is 0 Å². The third kappa shape index (κ3) is 3.52. The minimum Gasteiger partial charge on any atom is -0.493 e. The van der Waals surface area contributed by atoms with Crippen LogP contribution >= 0.6 is 0 Å². The molecule has 1 aliphatic rings. The summed E-state index contributed by atoms with van der Waals surface area (Å²) in [4.78, 5) is 15.0. The summed E-state index contributed by atoms with van der Waals surface area (Å²) in [7, 11) is 4.70. The van der Waals surface area contributed by atoms with Gasteiger partial charge in [-0.15, -0.1) is 0 Å². The van der Waals surface area contributed by atoms with Crippen molar-refractivity contribution in [2.45, 2.75) is 32.4 Å². The summed E-state index contributed by atoms with van der Waals surface area (Å²) in [6.07, 6.45) is 0.874. The topological polar surface area (TPSA) is 60.0 Å². The van der Waals surface area contributed by atoms with E-state index in [9.17, 15) is 4.79 Å². The van der Waals surface area contributed by atoms with Crippen LogP contribution in [0, 0.1) is 0 Å². The number of para-hydroxylation sites is 1. The molecule has 0 radical (unpaired) electrons. The Labute approximate surface area is 160 Å². The van der Waals surface area contributed by atoms with Crippen molar-refractivity contribution >= 4 is 17.3 Å². The first-order valence-electron chi connectivity index (χ1n) is 8.97. The molecule has 0 bridgehead atoms. The van der Waals surface area contributed by atoms with Crippen LogP contribution in [0.5, 0.6) is 17.2 Å². The first-order chi connectivity index (χ1) is 13.0. The fourth-order valence-electron chi connectivity index (χ4n) is 3.59. The maximum Gasteiger partial charge on any atom is 0.249 e. The largest absolute Gasteiger partial charge is 0.493 e. The number of methoxy groups -OCH3 is 3. The number of anilines is 2. The number of benzene rings is 2. The average Bonchev–Trinajstić information content (AvgIpc) is 3.01. The van der Waals surface area contributed by atoms with Gasteiger partial charge in [-0.25, -0.2) is 0 Å². The molecule has 2 aromatic rings. The van der Waals surface area contributed by atoms with E-state index in [1.165, 1.54) is 5.56 Å². The highest BCUT2D eigenvalue weighted by atomic mass is 16.5. The molecular formula is C21H26N2O4. The first kappa shape index (κ1) is 18.9. The summed E-state index contributed by atoms with van der Waals surface area (Å²) >= 11 is 0. The van der Waals surface area contributed by atoms with Crippen LogP contribution < -0.4 is 24.4 Å². The third-order valence-electron chi connectivity index (χ3n) is 4.86. The maximum atomic E-state index is 13.1. The number of hydrogen-bond donors (Lipinski definition) is 1. The van der Waals surface area contributed by atoms with E-state index in [1.54, 1.807) is 33.5 Å². The molecule has 1 aliphatic heterocycles. The van der Waals surface area contributed by atoms with Crippen LogP contribution in [-0.2, 0) is 11.2 Å². The van der Waals surface area contributed by atoms with Gasteiger partial charge >= 0.3 is 0 Å². The number of nitrogens with zero attached hydrogens (tertiary/aromatic N) is 1. The minimum atomic E-state index is -0.415. The minimum absolute atomic E-state index is 0.0289. The first-order valence-corrected chi connectivity index (χ1v) is 8.97. The van der Waals surface area contributed by atoms with Crippen molar-refractivity contribution in [2.75, 3.05) is 31.5 Å². The van der Waals surface area contributed by atoms with Crippen LogP contribution in [0.1, 0.15) is 19.4 Å². The zero-order valence-electron chi connectivity index (χ0n) is 16.4. The molecule has 3 rings (SSSR count). The van der Waals surface area contributed by atoms with Crippen LogP contribution in [0.25, 0.3) is 0 Å². The fourth-order valence-corrected chi connectivity index (χ4v) is 3.59. The monoisotopic (exact) mass is 370 g/mol. The molecule has 0 spiro atoms. The van der Waals surface area contributed by atoms with Gasteiger partial charge in [0, 0.05) is 29.5 Å². The molecule has 27 heavy (non-hydrogen) atoms. The molecule has 0 aliphatic carbocycles. The Bertz CT molecular complexity index is 812. The molecule has 2 atom stereocenters. The molecule has 6 heteroatoms. The third-order valence-corrected chi connectivity index (χ3v) is 4.86. The zero-order chi connectivity index (χ0) is 19.6. The molecule has 6 nitrogen and oxygen atoms in total. The Morgan fingerprint density at radius 2 is 1.74 bits per heavy atom. The molecule has 0 saturated carbocycles. The zero-order valence-corrected chi connectivity index (χ0v) is 16.4. The van der Waals surface area contributed by atoms with Crippen LogP contribution in [-0.4, -0.2) is 39.3 Å². The molecule has 1 N–H and O–H groups in total. The summed E-state index contributed by atoms with van der Waals surface area (Å²) in [5.41, 5.74) is 2.93. The molecule has 144 valence electrons. The predicted octanol–water partition coefficient (Wildman–Crippen LogP) is 3.49. The molecule has 0 fully saturated rings. The van der Waals surface area contributed by atoms with E-state index in [-0.39, 0.29) is 11.9 Å². The lowest BCUT2D eigenvalue weighted by Crippen LogP contribution is -2.44. The maximum absolute atomic E-state index is 13.1. The van der Waals surface area contributed by atoms with Gasteiger partial charge in [0.05, 0.1) is 21.3 Å². The fraction of sp³-hybridized carbons (Fsp3) is 0.381. The quantitative estimate of drug-likeness (QED) is 0.843. The number of rotatable bonds is 6. The van der Waals surface area contributed by atoms with Crippen LogP contribution in [0.2, 0.25) is 0 Å². The second-order valence-electron chi connectivity index (χ2n) is 6.67. The number of hydrogen-bond acceptors (Lipinski definition) is 5. The molecule has 0 aromatic heterocycles. The second-order valence-corrected chi connectivity index (χ2v) is 6.67. The van der Waals surface area contributed by atoms with E-state index in [0.717, 1.165) is 17.8 Å². The predicted molar refractivity (Wildman–Crippen MR) is 106 cm³/mol. The second kappa shape index (κ2) is 7.78. The highest BCUT2D eigenvalue weighted by molar-refractivity contribution is 6.00. The number of ether oxygens (including phenoxy) is 3. The lowest BCUT2D eigenvalue weighted by atomic mass is 10.1. The van der Waals surface area contributed by atoms with Crippen molar-refractivity contribution in [3.05, 3.63) is 42.0 Å². The van der Waals surface area contributed by atoms with Crippen molar-refractivity contribution in [3.63, 3.8) is 0 Å². The Morgan fingerprint density at radius 1 is 1.11 bits per heavy atom. The van der Waals surface area contributed by atoms with Crippen molar-refractivity contribution in [1.29, 1.82) is 0 Å². The SMILES string of the molecule is COc1cc(NC(C)C(=O)N2c3ccccc3CC2C)cc(OC)c1OC. The average molecular weight is 370 g/mol. The van der Waals surface area contributed by atoms with Crippen LogP contribution in [0.15, 0.2) is 36.4 Å². The van der Waals surface area contributed by atoms with E-state index in [1.807, 2.05) is 30.0 Å². The van der Waals surface area contributed by atoms with Gasteiger partial charge in [0.25, 0.3) is 0 Å². The standard InChI is InChI=1S/C21H26N2O4/c1-13-10-15-8-6-7-9-17(15)23(13)21(24)14(2)22-16-11-18(25-3)20(27-5)19(12-16)26-4/h6-9,11-14,22H,10H2,1-5H3. The Kier molecular flexibility index (Phi) is 5.44. The number of nitrogens with one attached hydrogen (secondary N) is 1. The molecule has 2 aromatic carbocycles. The van der Waals surface area contributed by atoms with Crippen molar-refractivity contribution in [1.82, 2.24) is 0 Å². The lowest BCUT2D eigenvalue weighted by molar-refractivity contribution is -0.119. The van der Waals surface area contributed by atoms with Gasteiger partial charge in [0.15, 0.2) is 11.5 Å². The van der Waals surface area contributed by atoms with E-state index in [0.29, 0.717) is 17.2 Å². The van der Waals surface area contributed by atoms with Gasteiger partial charge in [-0.3, -0.25) is 4.79 Å². The van der Waals surface area contributed by atoms with Gasteiger partial charge in [-0.1, -0.05) is 18.2 Å². The smallest absolute Gasteiger partial charge is 0.249 e. The van der Waals surface area contributed by atoms with Gasteiger partial charge in [-0.05, 0) is 31.9 Å². The number of carbonyl (C=O) groups is 1. The molecule has 1 heterocycles. The van der Waals surface area contributed by atoms with E-state index in [4.69, 9.17) is 14.2 Å². The summed E-state index contributed by atoms with van der Waals surface area (Å²) in [6.45, 7) is 3.93. The molecule has 1 amide bonds. The number of amides is 1. The van der Waals surface area contributed by atoms with E-state index < -0.39 is 6.04 Å². The number of fused-ring (bicyclic) bond motifs is 1. The molecule has 2 unspecified atom stereocenters. The van der Waals surface area contributed by atoms with Crippen molar-refractivity contribution in [3.8, 4) is 17.2 Å². The Balaban J connectivity index is 1.83. The van der Waals surface area contributed by atoms with Gasteiger partial charge in [0.2, 0.25) is 11.7 Å². The normalized spacial score (nSPS) is 16.5. The Morgan fingerprint density at radius 3 is 2.33 bits per heavy atom. The molecular weight excluding hydrogens is 344 g/mol. The highest BCUT2D eigenvalue weighted by Crippen LogP contribution is 2.40. The highest BCUT2D eigenvalue weighted by Gasteiger charge is 2.33. The van der Waals surface area contributed by atoms with Crippen molar-refractivity contribution in [2.24, 2.45) is 0 Å². The molecule has 0 saturated heterocycles. The van der Waals surface area contributed by atoms with Gasteiger partial charge < -0.3 is 24.4 Å². The van der Waals surface area contributed by atoms with Gasteiger partial charge in [0.1, 0.15) is 6.04 Å². The summed E-state index contributed by atoms with van der Waals surface area (Å²) in [5, 5.41) is 3.26. The summed E-state index contributed by atoms with van der Waals surface area (Å²) in [5.74, 6) is 1.63. The Hall–Kier alpha value is -2.89. The van der Waals surface area contributed by atoms with E-state index in [2.05, 4.69) is 18.3 Å². The number of carbonyl (C=O) groups excluding carboxylic acids is 1. The lowest BCUT2D eigenvalue weighted by Gasteiger charge is -2.27. The van der Waals surface area contributed by atoms with E-state index >= 15 is 0 Å². The summed E-state index contributed by atoms with van der Waals surface area (Å²) < 4.78 is 16.1. The van der Waals surface area contributed by atoms with Crippen molar-refractivity contribution < 1.29 is 19.0 Å². The van der Waals surface area contributed by atoms with Crippen LogP contribution in [0.3, 0.4) is 0 Å². The summed E-state index contributed by atoms with van der Waals surface area (Å²) in [6, 6.07) is 11.4. The van der Waals surface area contributed by atoms with Crippen LogP contribution in [0.4, 0.5) is 11.4 Å².